The molecule has 1 aromatic carbocycles. The van der Waals surface area contributed by atoms with Crippen molar-refractivity contribution < 1.29 is 4.79 Å². The minimum atomic E-state index is 0.0539. The Morgan fingerprint density at radius 1 is 1.39 bits per heavy atom. The Labute approximate surface area is 145 Å². The van der Waals surface area contributed by atoms with E-state index in [1.54, 1.807) is 0 Å². The minimum Gasteiger partial charge on any atom is -0.368 e. The van der Waals surface area contributed by atoms with Crippen LogP contribution < -0.4 is 10.2 Å². The lowest BCUT2D eigenvalue weighted by molar-refractivity contribution is 0.193. The predicted octanol–water partition coefficient (Wildman–Crippen LogP) is 3.09. The number of benzene rings is 1. The number of nitrogens with zero attached hydrogens (tertiary/aromatic N) is 3. The van der Waals surface area contributed by atoms with E-state index in [1.165, 1.54) is 0 Å². The maximum absolute atomic E-state index is 12.4. The fourth-order valence-electron chi connectivity index (χ4n) is 3.46. The third-order valence-corrected chi connectivity index (χ3v) is 5.24. The molecule has 0 aliphatic carbocycles. The van der Waals surface area contributed by atoms with Gasteiger partial charge in [-0.3, -0.25) is 0 Å². The molecule has 2 amide bonds. The number of halogens is 1. The topological polar surface area (TPSA) is 59.4 Å². The van der Waals surface area contributed by atoms with Gasteiger partial charge in [0, 0.05) is 36.2 Å². The number of likely N-dealkylation sites (tertiary alicyclic amines) is 1. The van der Waals surface area contributed by atoms with Gasteiger partial charge in [0.2, 0.25) is 0 Å². The molecule has 0 radical (unpaired) electrons. The van der Waals surface area contributed by atoms with Crippen molar-refractivity contribution in [2.45, 2.75) is 38.3 Å². The second-order valence-corrected chi connectivity index (χ2v) is 7.25. The molecule has 2 aliphatic rings. The van der Waals surface area contributed by atoms with Crippen molar-refractivity contribution in [3.05, 3.63) is 28.2 Å². The number of rotatable bonds is 2. The van der Waals surface area contributed by atoms with Gasteiger partial charge in [-0.1, -0.05) is 15.9 Å². The Kier molecular flexibility index (Phi) is 4.76. The van der Waals surface area contributed by atoms with Crippen LogP contribution in [0.5, 0.6) is 0 Å². The number of amides is 2. The SMILES string of the molecule is C[C@@H]1CCCN1C(=O)N[C@H]1CCN(c2ccc(Br)cc2C#N)C1. The van der Waals surface area contributed by atoms with Crippen LogP contribution in [0.3, 0.4) is 0 Å². The van der Waals surface area contributed by atoms with E-state index in [9.17, 15) is 10.1 Å². The molecule has 23 heavy (non-hydrogen) atoms. The summed E-state index contributed by atoms with van der Waals surface area (Å²) in [6, 6.07) is 8.55. The molecule has 2 heterocycles. The van der Waals surface area contributed by atoms with E-state index < -0.39 is 0 Å². The van der Waals surface area contributed by atoms with E-state index in [2.05, 4.69) is 39.1 Å². The molecule has 2 fully saturated rings. The summed E-state index contributed by atoms with van der Waals surface area (Å²) in [6.07, 6.45) is 3.10. The Morgan fingerprint density at radius 3 is 2.91 bits per heavy atom. The lowest BCUT2D eigenvalue weighted by atomic mass is 10.2. The molecule has 0 saturated carbocycles. The molecule has 122 valence electrons. The highest BCUT2D eigenvalue weighted by molar-refractivity contribution is 9.10. The molecule has 1 aromatic rings. The van der Waals surface area contributed by atoms with Gasteiger partial charge < -0.3 is 15.1 Å². The highest BCUT2D eigenvalue weighted by Crippen LogP contribution is 2.27. The Bertz CT molecular complexity index is 642. The lowest BCUT2D eigenvalue weighted by Gasteiger charge is -2.25. The Morgan fingerprint density at radius 2 is 2.22 bits per heavy atom. The van der Waals surface area contributed by atoms with E-state index in [4.69, 9.17) is 0 Å². The molecule has 2 saturated heterocycles. The largest absolute Gasteiger partial charge is 0.368 e. The number of carbonyl (C=O) groups excluding carboxylic acids is 1. The number of urea groups is 1. The zero-order chi connectivity index (χ0) is 16.4. The smallest absolute Gasteiger partial charge is 0.317 e. The van der Waals surface area contributed by atoms with Crippen LogP contribution in [-0.4, -0.2) is 42.6 Å². The van der Waals surface area contributed by atoms with Gasteiger partial charge in [-0.2, -0.15) is 5.26 Å². The predicted molar refractivity (Wildman–Crippen MR) is 93.4 cm³/mol. The monoisotopic (exact) mass is 376 g/mol. The van der Waals surface area contributed by atoms with Crippen molar-refractivity contribution >= 4 is 27.6 Å². The van der Waals surface area contributed by atoms with Gasteiger partial charge in [0.15, 0.2) is 0 Å². The van der Waals surface area contributed by atoms with Crippen LogP contribution in [0.25, 0.3) is 0 Å². The van der Waals surface area contributed by atoms with Gasteiger partial charge in [0.1, 0.15) is 6.07 Å². The zero-order valence-electron chi connectivity index (χ0n) is 13.3. The van der Waals surface area contributed by atoms with Gasteiger partial charge in [-0.25, -0.2) is 4.79 Å². The number of nitrogens with one attached hydrogen (secondary N) is 1. The summed E-state index contributed by atoms with van der Waals surface area (Å²) >= 11 is 3.40. The van der Waals surface area contributed by atoms with Crippen LogP contribution in [0.4, 0.5) is 10.5 Å². The van der Waals surface area contributed by atoms with Crippen LogP contribution in [-0.2, 0) is 0 Å². The molecule has 0 aromatic heterocycles. The fraction of sp³-hybridized carbons (Fsp3) is 0.529. The Balaban J connectivity index is 1.63. The quantitative estimate of drug-likeness (QED) is 0.862. The van der Waals surface area contributed by atoms with Crippen molar-refractivity contribution in [2.24, 2.45) is 0 Å². The number of anilines is 1. The molecule has 5 nitrogen and oxygen atoms in total. The van der Waals surface area contributed by atoms with Crippen molar-refractivity contribution in [1.82, 2.24) is 10.2 Å². The first-order chi connectivity index (χ1) is 11.1. The van der Waals surface area contributed by atoms with Gasteiger partial charge in [-0.05, 0) is 44.4 Å². The van der Waals surface area contributed by atoms with Crippen molar-refractivity contribution in [3.8, 4) is 6.07 Å². The van der Waals surface area contributed by atoms with E-state index in [1.807, 2.05) is 23.1 Å². The summed E-state index contributed by atoms with van der Waals surface area (Å²) in [7, 11) is 0. The molecule has 3 rings (SSSR count). The molecule has 2 aliphatic heterocycles. The number of nitriles is 1. The maximum atomic E-state index is 12.4. The number of carbonyl (C=O) groups is 1. The third-order valence-electron chi connectivity index (χ3n) is 4.75. The molecule has 2 atom stereocenters. The number of hydrogen-bond donors (Lipinski definition) is 1. The highest BCUT2D eigenvalue weighted by Gasteiger charge is 2.30. The van der Waals surface area contributed by atoms with Crippen LogP contribution in [0.2, 0.25) is 0 Å². The normalized spacial score (nSPS) is 23.9. The fourth-order valence-corrected chi connectivity index (χ4v) is 3.82. The summed E-state index contributed by atoms with van der Waals surface area (Å²) in [5.41, 5.74) is 1.61. The number of hydrogen-bond acceptors (Lipinski definition) is 3. The standard InChI is InChI=1S/C17H21BrN4O/c1-12-3-2-7-22(12)17(23)20-15-6-8-21(11-15)16-5-4-14(18)9-13(16)10-19/h4-5,9,12,15H,2-3,6-8,11H2,1H3,(H,20,23)/t12-,15+/m1/s1. The molecule has 0 bridgehead atoms. The molecule has 6 heteroatoms. The molecular formula is C17H21BrN4O. The molecular weight excluding hydrogens is 356 g/mol. The van der Waals surface area contributed by atoms with Crippen molar-refractivity contribution in [1.29, 1.82) is 5.26 Å². The van der Waals surface area contributed by atoms with Crippen molar-refractivity contribution in [3.63, 3.8) is 0 Å². The average Bonchev–Trinajstić information content (AvgIpc) is 3.16. The maximum Gasteiger partial charge on any atom is 0.317 e. The average molecular weight is 377 g/mol. The van der Waals surface area contributed by atoms with E-state index in [0.717, 1.165) is 49.1 Å². The van der Waals surface area contributed by atoms with E-state index in [-0.39, 0.29) is 12.1 Å². The third kappa shape index (κ3) is 3.45. The van der Waals surface area contributed by atoms with Crippen LogP contribution >= 0.6 is 15.9 Å². The first-order valence-corrected chi connectivity index (χ1v) is 8.89. The minimum absolute atomic E-state index is 0.0539. The summed E-state index contributed by atoms with van der Waals surface area (Å²) < 4.78 is 0.907. The van der Waals surface area contributed by atoms with Crippen LogP contribution in [0, 0.1) is 11.3 Å². The van der Waals surface area contributed by atoms with E-state index >= 15 is 0 Å². The van der Waals surface area contributed by atoms with E-state index in [0.29, 0.717) is 11.6 Å². The van der Waals surface area contributed by atoms with Gasteiger partial charge in [-0.15, -0.1) is 0 Å². The molecule has 0 spiro atoms. The zero-order valence-corrected chi connectivity index (χ0v) is 14.8. The summed E-state index contributed by atoms with van der Waals surface area (Å²) in [5.74, 6) is 0. The van der Waals surface area contributed by atoms with Crippen LogP contribution in [0.15, 0.2) is 22.7 Å². The summed E-state index contributed by atoms with van der Waals surface area (Å²) in [4.78, 5) is 16.5. The molecule has 0 unspecified atom stereocenters. The second-order valence-electron chi connectivity index (χ2n) is 6.34. The first-order valence-electron chi connectivity index (χ1n) is 8.10. The second kappa shape index (κ2) is 6.79. The lowest BCUT2D eigenvalue weighted by Crippen LogP contribution is -2.47. The summed E-state index contributed by atoms with van der Waals surface area (Å²) in [5, 5.41) is 12.5. The summed E-state index contributed by atoms with van der Waals surface area (Å²) in [6.45, 7) is 4.57. The highest BCUT2D eigenvalue weighted by atomic mass is 79.9. The Hall–Kier alpha value is -1.74. The molecule has 1 N–H and O–H groups in total. The van der Waals surface area contributed by atoms with Gasteiger partial charge >= 0.3 is 6.03 Å². The van der Waals surface area contributed by atoms with Crippen molar-refractivity contribution in [2.75, 3.05) is 24.5 Å². The van der Waals surface area contributed by atoms with Gasteiger partial charge in [0.05, 0.1) is 11.3 Å². The van der Waals surface area contributed by atoms with Crippen LogP contribution in [0.1, 0.15) is 31.7 Å². The first kappa shape index (κ1) is 16.1. The van der Waals surface area contributed by atoms with Gasteiger partial charge in [0.25, 0.3) is 0 Å².